The molecular weight excluding hydrogens is 879 g/mol. The third kappa shape index (κ3) is 8.50. The summed E-state index contributed by atoms with van der Waals surface area (Å²) in [5, 5.41) is 0. The number of imidazole rings is 2. The lowest BCUT2D eigenvalue weighted by atomic mass is 10.0. The molecule has 4 N–H and O–H groups in total. The molecule has 10 atom stereocenters. The SMILES string of the molecule is CN(CCOC(=O)Cc1ncnc2c1ncn2[C@@H]1O[C@@]23CO[C@@H]1[C@@H]2OP(O)(=S)OC[C@H]1O[C@@H](n2cnc4c2N=C(N)CC4=O)[C@H](OP(O)(=S)OC3)[C@@H]1F)C(=O)OC(C)(C)C. The number of Topliss-reactive ketones (excluding diaryl/α,β-unsaturated/α-hetero) is 1. The van der Waals surface area contributed by atoms with Gasteiger partial charge >= 0.3 is 25.5 Å². The molecule has 3 aromatic heterocycles. The first-order chi connectivity index (χ1) is 28.2. The van der Waals surface area contributed by atoms with E-state index in [1.165, 1.54) is 40.1 Å². The second kappa shape index (κ2) is 16.0. The number of alkyl halides is 1. The molecule has 8 heterocycles. The fourth-order valence-electron chi connectivity index (χ4n) is 7.16. The van der Waals surface area contributed by atoms with Gasteiger partial charge in [-0.25, -0.2) is 34.1 Å². The summed E-state index contributed by atoms with van der Waals surface area (Å²) < 4.78 is 71.4. The number of ketones is 1. The number of amides is 1. The van der Waals surface area contributed by atoms with Gasteiger partial charge in [0.25, 0.3) is 0 Å². The van der Waals surface area contributed by atoms with E-state index in [0.29, 0.717) is 0 Å². The Morgan fingerprint density at radius 3 is 2.58 bits per heavy atom. The maximum atomic E-state index is 16.2. The lowest BCUT2D eigenvalue weighted by Crippen LogP contribution is -2.45. The van der Waals surface area contributed by atoms with Gasteiger partial charge in [0.05, 0.1) is 57.6 Å². The van der Waals surface area contributed by atoms with E-state index in [9.17, 15) is 24.2 Å². The van der Waals surface area contributed by atoms with Crippen LogP contribution in [0.5, 0.6) is 0 Å². The molecule has 326 valence electrons. The smallest absolute Gasteiger partial charge is 0.410 e. The molecule has 2 unspecified atom stereocenters. The van der Waals surface area contributed by atoms with Gasteiger partial charge in [0.2, 0.25) is 0 Å². The number of aromatic nitrogens is 6. The number of aliphatic imine (C=N–C) groups is 1. The van der Waals surface area contributed by atoms with Gasteiger partial charge in [0, 0.05) is 7.05 Å². The second-order valence-electron chi connectivity index (χ2n) is 15.4. The number of nitrogens with zero attached hydrogens (tertiary/aromatic N) is 8. The summed E-state index contributed by atoms with van der Waals surface area (Å²) in [6.07, 6.45) is -7.14. The lowest BCUT2D eigenvalue weighted by molar-refractivity contribution is -0.183. The highest BCUT2D eigenvalue weighted by Crippen LogP contribution is 2.58. The van der Waals surface area contributed by atoms with E-state index in [2.05, 4.69) is 24.9 Å². The molecule has 60 heavy (non-hydrogen) atoms. The van der Waals surface area contributed by atoms with Crippen molar-refractivity contribution < 1.29 is 70.3 Å². The Morgan fingerprint density at radius 1 is 1.07 bits per heavy atom. The normalized spacial score (nSPS) is 34.2. The van der Waals surface area contributed by atoms with Gasteiger partial charge in [0.1, 0.15) is 59.9 Å². The molecule has 0 aromatic carbocycles. The first kappa shape index (κ1) is 43.2. The molecule has 4 bridgehead atoms. The van der Waals surface area contributed by atoms with Crippen molar-refractivity contribution in [2.45, 2.75) is 87.9 Å². The van der Waals surface area contributed by atoms with Gasteiger partial charge in [-0.3, -0.25) is 27.8 Å². The van der Waals surface area contributed by atoms with Crippen molar-refractivity contribution >= 4 is 77.7 Å². The zero-order valence-corrected chi connectivity index (χ0v) is 35.7. The Kier molecular flexibility index (Phi) is 11.5. The van der Waals surface area contributed by atoms with Crippen molar-refractivity contribution in [2.24, 2.45) is 10.7 Å². The van der Waals surface area contributed by atoms with Gasteiger partial charge in [0.15, 0.2) is 41.6 Å². The number of hydrogen-bond acceptors (Lipinski definition) is 20. The van der Waals surface area contributed by atoms with Crippen molar-refractivity contribution in [1.29, 1.82) is 0 Å². The molecule has 4 fully saturated rings. The first-order valence-electron chi connectivity index (χ1n) is 18.3. The van der Waals surface area contributed by atoms with Crippen LogP contribution in [-0.2, 0) is 76.6 Å². The van der Waals surface area contributed by atoms with Crippen molar-refractivity contribution in [3.05, 3.63) is 30.4 Å². The third-order valence-corrected chi connectivity index (χ3v) is 13.0. The molecule has 0 saturated carbocycles. The number of amidine groups is 1. The van der Waals surface area contributed by atoms with E-state index in [4.69, 9.17) is 71.1 Å². The second-order valence-corrected chi connectivity index (χ2v) is 21.0. The Labute approximate surface area is 350 Å². The summed E-state index contributed by atoms with van der Waals surface area (Å²) in [5.41, 5.74) is 4.21. The summed E-state index contributed by atoms with van der Waals surface area (Å²) >= 11 is 10.8. The Bertz CT molecular complexity index is 2350. The number of ether oxygens (including phenoxy) is 5. The van der Waals surface area contributed by atoms with Crippen LogP contribution in [0.15, 0.2) is 24.0 Å². The predicted octanol–water partition coefficient (Wildman–Crippen LogP) is 1.40. The van der Waals surface area contributed by atoms with Gasteiger partial charge < -0.3 is 53.2 Å². The molecule has 3 aromatic rings. The number of carbonyl (C=O) groups excluding carboxylic acids is 3. The number of likely N-dealkylation sites (N-methyl/N-ethyl adjacent to an activating group) is 1. The van der Waals surface area contributed by atoms with Crippen LogP contribution in [0.25, 0.3) is 11.2 Å². The fourth-order valence-corrected chi connectivity index (χ4v) is 10.0. The molecule has 0 spiro atoms. The number of nitrogens with two attached hydrogens (primary N) is 1. The van der Waals surface area contributed by atoms with Crippen molar-refractivity contribution in [3.8, 4) is 0 Å². The summed E-state index contributed by atoms with van der Waals surface area (Å²) in [6.45, 7) is -4.85. The van der Waals surface area contributed by atoms with Crippen LogP contribution in [0, 0.1) is 0 Å². The maximum absolute atomic E-state index is 16.2. The highest BCUT2D eigenvalue weighted by molar-refractivity contribution is 8.07. The molecule has 5 aliphatic heterocycles. The fraction of sp³-hybridized carbons (Fsp3) is 0.625. The molecule has 0 aliphatic carbocycles. The number of rotatable bonds is 7. The van der Waals surface area contributed by atoms with Crippen LogP contribution in [0.3, 0.4) is 0 Å². The van der Waals surface area contributed by atoms with E-state index in [1.807, 2.05) is 0 Å². The van der Waals surface area contributed by atoms with Gasteiger partial charge in [-0.15, -0.1) is 0 Å². The van der Waals surface area contributed by atoms with Crippen LogP contribution in [0.1, 0.15) is 55.8 Å². The minimum atomic E-state index is -4.38. The minimum Gasteiger partial charge on any atom is -0.463 e. The van der Waals surface area contributed by atoms with Crippen LogP contribution in [-0.4, -0.2) is 149 Å². The zero-order chi connectivity index (χ0) is 42.9. The summed E-state index contributed by atoms with van der Waals surface area (Å²) in [7, 11) is 1.52. The molecule has 23 nitrogen and oxygen atoms in total. The van der Waals surface area contributed by atoms with Crippen molar-refractivity contribution in [1.82, 2.24) is 34.0 Å². The van der Waals surface area contributed by atoms with Gasteiger partial charge in [-0.05, 0) is 44.4 Å². The average molecular weight is 920 g/mol. The molecule has 0 radical (unpaired) electrons. The quantitative estimate of drug-likeness (QED) is 0.223. The van der Waals surface area contributed by atoms with Crippen LogP contribution in [0.2, 0.25) is 0 Å². The highest BCUT2D eigenvalue weighted by atomic mass is 32.5. The maximum Gasteiger partial charge on any atom is 0.410 e. The molecule has 5 aliphatic rings. The van der Waals surface area contributed by atoms with E-state index in [-0.39, 0.29) is 66.8 Å². The topological polar surface area (TPSA) is 278 Å². The number of carbonyl (C=O) groups is 3. The average Bonchev–Trinajstić information content (AvgIpc) is 3.97. The predicted molar refractivity (Wildman–Crippen MR) is 207 cm³/mol. The summed E-state index contributed by atoms with van der Waals surface area (Å²) in [5.74, 6) is -1.09. The summed E-state index contributed by atoms with van der Waals surface area (Å²) in [6, 6.07) is 0. The van der Waals surface area contributed by atoms with E-state index >= 15 is 4.39 Å². The third-order valence-electron chi connectivity index (χ3n) is 9.93. The Hall–Kier alpha value is -3.49. The number of halogens is 1. The zero-order valence-electron chi connectivity index (χ0n) is 32.3. The molecular formula is C32H40FN9O14P2S2. The van der Waals surface area contributed by atoms with Crippen LogP contribution >= 0.6 is 13.4 Å². The molecule has 8 rings (SSSR count). The van der Waals surface area contributed by atoms with Crippen molar-refractivity contribution in [2.75, 3.05) is 40.0 Å². The van der Waals surface area contributed by atoms with E-state index in [1.54, 1.807) is 20.8 Å². The minimum absolute atomic E-state index is 0.00658. The molecule has 28 heteroatoms. The Balaban J connectivity index is 1.00. The largest absolute Gasteiger partial charge is 0.463 e. The first-order valence-corrected chi connectivity index (χ1v) is 23.5. The number of fused-ring (bicyclic) bond motifs is 4. The standard InChI is InChI=1S/C32H40FN9O14P2S2/c1-31(2,3)54-30(45)40(4)5-6-48-19(44)7-15-21-26(36-12-35-15)41(13-37-21)29-24-25-32(53-29,10-49-24)11-51-58(47,60)55-23-20(33)17(9-50-57(46,59)56-25)52-28(23)42-14-38-22-16(43)8-18(34)39-27(22)42/h12-14,17,20,23-25,28-29H,5-11H2,1-4H3,(H2,34,39)(H,46,59)(H,47,60)/t17-,20-,23-,24-,25+,28-,29-,32-,57?,58?/m1/s1. The highest BCUT2D eigenvalue weighted by Gasteiger charge is 2.65. The number of esters is 1. The van der Waals surface area contributed by atoms with Gasteiger partial charge in [-0.1, -0.05) is 0 Å². The van der Waals surface area contributed by atoms with Crippen LogP contribution < -0.4 is 5.73 Å². The van der Waals surface area contributed by atoms with Gasteiger partial charge in [-0.2, -0.15) is 0 Å². The Morgan fingerprint density at radius 2 is 1.82 bits per heavy atom. The molecule has 4 saturated heterocycles. The molecule has 1 amide bonds. The van der Waals surface area contributed by atoms with E-state index < -0.39 is 98.7 Å². The van der Waals surface area contributed by atoms with E-state index in [0.717, 1.165) is 0 Å². The number of hydrogen-bond donors (Lipinski definition) is 3. The lowest BCUT2D eigenvalue weighted by Gasteiger charge is -2.33. The summed E-state index contributed by atoms with van der Waals surface area (Å²) in [4.78, 5) is 83.0. The van der Waals surface area contributed by atoms with Crippen molar-refractivity contribution in [3.63, 3.8) is 0 Å². The van der Waals surface area contributed by atoms with Crippen LogP contribution in [0.4, 0.5) is 15.0 Å². The monoisotopic (exact) mass is 919 g/mol.